The summed E-state index contributed by atoms with van der Waals surface area (Å²) < 4.78 is 10.1. The molecule has 0 spiro atoms. The Morgan fingerprint density at radius 1 is 1.42 bits per heavy atom. The van der Waals surface area contributed by atoms with Gasteiger partial charge in [0.25, 0.3) is 0 Å². The fourth-order valence-corrected chi connectivity index (χ4v) is 1.99. The predicted molar refractivity (Wildman–Crippen MR) is 72.0 cm³/mol. The van der Waals surface area contributed by atoms with Gasteiger partial charge in [-0.2, -0.15) is 0 Å². The van der Waals surface area contributed by atoms with Gasteiger partial charge in [0.1, 0.15) is 12.9 Å². The molecule has 0 fully saturated rings. The number of carbonyl (C=O) groups excluding carboxylic acids is 2. The van der Waals surface area contributed by atoms with Crippen molar-refractivity contribution in [2.24, 2.45) is 0 Å². The van der Waals surface area contributed by atoms with E-state index in [9.17, 15) is 9.59 Å². The number of ether oxygens (including phenoxy) is 2. The lowest BCUT2D eigenvalue weighted by Gasteiger charge is -2.27. The van der Waals surface area contributed by atoms with Gasteiger partial charge in [-0.05, 0) is 25.8 Å². The molecule has 0 amide bonds. The molecule has 0 saturated heterocycles. The van der Waals surface area contributed by atoms with Crippen molar-refractivity contribution in [3.05, 3.63) is 35.4 Å². The molecule has 0 radical (unpaired) electrons. The maximum absolute atomic E-state index is 12.1. The van der Waals surface area contributed by atoms with E-state index in [1.807, 2.05) is 38.1 Å². The van der Waals surface area contributed by atoms with E-state index in [0.29, 0.717) is 19.3 Å². The van der Waals surface area contributed by atoms with E-state index in [1.165, 1.54) is 7.11 Å². The second-order valence-electron chi connectivity index (χ2n) is 4.68. The van der Waals surface area contributed by atoms with Crippen LogP contribution in [0.25, 0.3) is 0 Å². The highest BCUT2D eigenvalue weighted by Gasteiger charge is 2.36. The zero-order valence-electron chi connectivity index (χ0n) is 11.6. The molecule has 1 aromatic rings. The molecule has 0 heterocycles. The van der Waals surface area contributed by atoms with Crippen LogP contribution in [0, 0.1) is 6.92 Å². The number of rotatable bonds is 7. The summed E-state index contributed by atoms with van der Waals surface area (Å²) in [6.07, 6.45) is 1.17. The molecule has 0 bridgehead atoms. The van der Waals surface area contributed by atoms with Crippen LogP contribution in [-0.2, 0) is 24.5 Å². The van der Waals surface area contributed by atoms with Crippen LogP contribution in [0.5, 0.6) is 0 Å². The van der Waals surface area contributed by atoms with Crippen LogP contribution in [0.15, 0.2) is 24.3 Å². The van der Waals surface area contributed by atoms with E-state index in [0.717, 1.165) is 11.1 Å². The third-order valence-corrected chi connectivity index (χ3v) is 3.22. The Balaban J connectivity index is 2.92. The first-order valence-electron chi connectivity index (χ1n) is 6.21. The molecule has 19 heavy (non-hydrogen) atoms. The molecule has 0 aliphatic rings. The van der Waals surface area contributed by atoms with Crippen molar-refractivity contribution in [1.82, 2.24) is 0 Å². The highest BCUT2D eigenvalue weighted by Crippen LogP contribution is 2.29. The number of aldehydes is 1. The van der Waals surface area contributed by atoms with Gasteiger partial charge in [-0.3, -0.25) is 4.79 Å². The summed E-state index contributed by atoms with van der Waals surface area (Å²) in [6, 6.07) is 7.77. The predicted octanol–water partition coefficient (Wildman–Crippen LogP) is 2.03. The molecule has 4 heteroatoms. The van der Waals surface area contributed by atoms with Crippen molar-refractivity contribution in [3.63, 3.8) is 0 Å². The molecule has 0 aliphatic carbocycles. The van der Waals surface area contributed by atoms with Crippen molar-refractivity contribution >= 4 is 12.3 Å². The van der Waals surface area contributed by atoms with Gasteiger partial charge in [0.05, 0.1) is 12.5 Å². The van der Waals surface area contributed by atoms with Crippen LogP contribution in [0.1, 0.15) is 24.5 Å². The summed E-state index contributed by atoms with van der Waals surface area (Å²) in [5, 5.41) is 0. The van der Waals surface area contributed by atoms with E-state index in [-0.39, 0.29) is 12.6 Å². The van der Waals surface area contributed by atoms with E-state index < -0.39 is 5.41 Å². The number of aryl methyl sites for hydroxylation is 1. The first-order valence-corrected chi connectivity index (χ1v) is 6.21. The van der Waals surface area contributed by atoms with Crippen molar-refractivity contribution in [3.8, 4) is 0 Å². The lowest BCUT2D eigenvalue weighted by molar-refractivity contribution is -0.147. The topological polar surface area (TPSA) is 52.6 Å². The summed E-state index contributed by atoms with van der Waals surface area (Å²) in [7, 11) is 1.38. The second-order valence-corrected chi connectivity index (χ2v) is 4.68. The van der Waals surface area contributed by atoms with Gasteiger partial charge >= 0.3 is 5.97 Å². The molecule has 0 aliphatic heterocycles. The maximum atomic E-state index is 12.1. The molecule has 1 aromatic carbocycles. The van der Waals surface area contributed by atoms with Crippen molar-refractivity contribution in [2.75, 3.05) is 20.3 Å². The number of methoxy groups -OCH3 is 1. The molecular weight excluding hydrogens is 244 g/mol. The first-order chi connectivity index (χ1) is 9.04. The van der Waals surface area contributed by atoms with Crippen molar-refractivity contribution in [1.29, 1.82) is 0 Å². The number of hydrogen-bond acceptors (Lipinski definition) is 4. The fraction of sp³-hybridized carbons (Fsp3) is 0.467. The average molecular weight is 264 g/mol. The van der Waals surface area contributed by atoms with Crippen LogP contribution < -0.4 is 0 Å². The van der Waals surface area contributed by atoms with Gasteiger partial charge in [0, 0.05) is 6.61 Å². The third kappa shape index (κ3) is 3.89. The highest BCUT2D eigenvalue weighted by molar-refractivity contribution is 5.82. The lowest BCUT2D eigenvalue weighted by Crippen LogP contribution is -2.35. The maximum Gasteiger partial charge on any atom is 0.316 e. The summed E-state index contributed by atoms with van der Waals surface area (Å²) >= 11 is 0. The first kappa shape index (κ1) is 15.4. The molecule has 104 valence electrons. The second kappa shape index (κ2) is 7.04. The molecule has 0 N–H and O–H groups in total. The molecule has 1 rings (SSSR count). The van der Waals surface area contributed by atoms with Crippen molar-refractivity contribution < 1.29 is 19.1 Å². The normalized spacial score (nSPS) is 13.6. The van der Waals surface area contributed by atoms with Crippen LogP contribution in [0.2, 0.25) is 0 Å². The minimum atomic E-state index is -0.760. The summed E-state index contributed by atoms with van der Waals surface area (Å²) in [4.78, 5) is 22.3. The highest BCUT2D eigenvalue weighted by atomic mass is 16.5. The zero-order chi connectivity index (χ0) is 14.3. The summed E-state index contributed by atoms with van der Waals surface area (Å²) in [5.41, 5.74) is 1.22. The number of esters is 1. The van der Waals surface area contributed by atoms with E-state index in [2.05, 4.69) is 0 Å². The van der Waals surface area contributed by atoms with Gasteiger partial charge < -0.3 is 14.3 Å². The Hall–Kier alpha value is -1.68. The lowest BCUT2D eigenvalue weighted by atomic mass is 9.79. The van der Waals surface area contributed by atoms with E-state index >= 15 is 0 Å². The summed E-state index contributed by atoms with van der Waals surface area (Å²) in [6.45, 7) is 4.19. The Bertz CT molecular complexity index is 442. The quantitative estimate of drug-likeness (QED) is 0.429. The number of benzene rings is 1. The zero-order valence-corrected chi connectivity index (χ0v) is 11.6. The monoisotopic (exact) mass is 264 g/mol. The standard InChI is InChI=1S/C15H20O4/c1-12-5-4-6-13(11-12)15(2,14(17)18-3)7-9-19-10-8-16/h4-6,8,11H,7,9-10H2,1-3H3. The largest absolute Gasteiger partial charge is 0.468 e. The minimum absolute atomic E-state index is 0.0467. The Labute approximate surface area is 113 Å². The van der Waals surface area contributed by atoms with Gasteiger partial charge in [-0.15, -0.1) is 0 Å². The Morgan fingerprint density at radius 3 is 2.74 bits per heavy atom. The average Bonchev–Trinajstić information content (AvgIpc) is 2.42. The van der Waals surface area contributed by atoms with Gasteiger partial charge in [0.15, 0.2) is 0 Å². The Morgan fingerprint density at radius 2 is 2.16 bits per heavy atom. The van der Waals surface area contributed by atoms with E-state index in [1.54, 1.807) is 0 Å². The van der Waals surface area contributed by atoms with Crippen molar-refractivity contribution in [2.45, 2.75) is 25.7 Å². The SMILES string of the molecule is COC(=O)C(C)(CCOCC=O)c1cccc(C)c1. The molecule has 0 aromatic heterocycles. The minimum Gasteiger partial charge on any atom is -0.468 e. The molecule has 0 saturated carbocycles. The molecule has 1 atom stereocenters. The fourth-order valence-electron chi connectivity index (χ4n) is 1.99. The van der Waals surface area contributed by atoms with Crippen LogP contribution in [0.4, 0.5) is 0 Å². The molecule has 1 unspecified atom stereocenters. The van der Waals surface area contributed by atoms with Gasteiger partial charge in [0.2, 0.25) is 0 Å². The summed E-state index contributed by atoms with van der Waals surface area (Å²) in [5.74, 6) is -0.298. The number of carbonyl (C=O) groups is 2. The van der Waals surface area contributed by atoms with Gasteiger partial charge in [-0.1, -0.05) is 29.8 Å². The van der Waals surface area contributed by atoms with Crippen LogP contribution >= 0.6 is 0 Å². The van der Waals surface area contributed by atoms with Crippen LogP contribution in [-0.4, -0.2) is 32.6 Å². The van der Waals surface area contributed by atoms with E-state index in [4.69, 9.17) is 9.47 Å². The molecular formula is C15H20O4. The molecule has 4 nitrogen and oxygen atoms in total. The Kier molecular flexibility index (Phi) is 5.70. The van der Waals surface area contributed by atoms with Crippen LogP contribution in [0.3, 0.4) is 0 Å². The smallest absolute Gasteiger partial charge is 0.316 e. The third-order valence-electron chi connectivity index (χ3n) is 3.22. The number of hydrogen-bond donors (Lipinski definition) is 0. The van der Waals surface area contributed by atoms with Gasteiger partial charge in [-0.25, -0.2) is 0 Å².